The highest BCUT2D eigenvalue weighted by atomic mass is 16.1. The van der Waals surface area contributed by atoms with E-state index in [0.717, 1.165) is 11.3 Å². The zero-order valence-corrected chi connectivity index (χ0v) is 10.2. The maximum atomic E-state index is 11.9. The summed E-state index contributed by atoms with van der Waals surface area (Å²) in [5, 5.41) is 2.81. The lowest BCUT2D eigenvalue weighted by molar-refractivity contribution is 0.0945. The van der Waals surface area contributed by atoms with Crippen molar-refractivity contribution in [3.8, 4) is 0 Å². The van der Waals surface area contributed by atoms with Crippen LogP contribution < -0.4 is 5.32 Å². The van der Waals surface area contributed by atoms with Gasteiger partial charge in [-0.3, -0.25) is 9.78 Å². The molecule has 0 aliphatic rings. The number of amides is 1. The Bertz CT molecular complexity index is 706. The lowest BCUT2D eigenvalue weighted by Crippen LogP contribution is -2.24. The summed E-state index contributed by atoms with van der Waals surface area (Å²) >= 11 is 0. The molecule has 0 radical (unpaired) electrons. The molecule has 0 saturated heterocycles. The lowest BCUT2D eigenvalue weighted by Gasteiger charge is -2.04. The zero-order valence-electron chi connectivity index (χ0n) is 10.2. The Morgan fingerprint density at radius 1 is 1.16 bits per heavy atom. The van der Waals surface area contributed by atoms with Crippen molar-refractivity contribution in [3.63, 3.8) is 0 Å². The molecule has 0 atom stereocenters. The van der Waals surface area contributed by atoms with Gasteiger partial charge in [-0.05, 0) is 24.3 Å². The fourth-order valence-electron chi connectivity index (χ4n) is 1.88. The molecule has 3 aromatic heterocycles. The number of hydrogen-bond acceptors (Lipinski definition) is 3. The number of rotatable bonds is 3. The van der Waals surface area contributed by atoms with Crippen molar-refractivity contribution in [3.05, 3.63) is 66.5 Å². The normalized spacial score (nSPS) is 10.5. The van der Waals surface area contributed by atoms with Crippen LogP contribution in [0.3, 0.4) is 0 Å². The molecular weight excluding hydrogens is 240 g/mol. The van der Waals surface area contributed by atoms with Gasteiger partial charge in [0.2, 0.25) is 0 Å². The number of hydrogen-bond donors (Lipinski definition) is 1. The molecule has 1 N–H and O–H groups in total. The second-order valence-electron chi connectivity index (χ2n) is 4.07. The minimum atomic E-state index is -0.201. The van der Waals surface area contributed by atoms with Gasteiger partial charge in [-0.15, -0.1) is 0 Å². The molecule has 0 saturated carbocycles. The molecule has 0 unspecified atom stereocenters. The Balaban J connectivity index is 1.75. The largest absolute Gasteiger partial charge is 0.343 e. The predicted molar refractivity (Wildman–Crippen MR) is 70.6 cm³/mol. The number of pyridine rings is 2. The van der Waals surface area contributed by atoms with E-state index in [1.54, 1.807) is 30.6 Å². The molecular formula is C14H12N4O. The van der Waals surface area contributed by atoms with E-state index in [9.17, 15) is 4.79 Å². The van der Waals surface area contributed by atoms with Crippen molar-refractivity contribution < 1.29 is 4.79 Å². The number of aromatic nitrogens is 3. The fraction of sp³-hybridized carbons (Fsp3) is 0.0714. The third-order valence-electron chi connectivity index (χ3n) is 2.82. The van der Waals surface area contributed by atoms with Crippen LogP contribution in [0.1, 0.15) is 16.3 Å². The fourth-order valence-corrected chi connectivity index (χ4v) is 1.88. The molecule has 0 spiro atoms. The van der Waals surface area contributed by atoms with Crippen LogP contribution in [0.4, 0.5) is 0 Å². The smallest absolute Gasteiger partial charge is 0.270 e. The van der Waals surface area contributed by atoms with E-state index < -0.39 is 0 Å². The minimum absolute atomic E-state index is 0.201. The van der Waals surface area contributed by atoms with E-state index in [2.05, 4.69) is 15.3 Å². The van der Waals surface area contributed by atoms with Gasteiger partial charge in [0.05, 0.1) is 18.3 Å². The molecule has 5 heteroatoms. The van der Waals surface area contributed by atoms with E-state index in [4.69, 9.17) is 0 Å². The quantitative estimate of drug-likeness (QED) is 0.771. The number of imidazole rings is 1. The van der Waals surface area contributed by atoms with Gasteiger partial charge in [-0.2, -0.15) is 0 Å². The van der Waals surface area contributed by atoms with Crippen LogP contribution in [-0.4, -0.2) is 20.3 Å². The SMILES string of the molecule is O=C(NCc1ncc2ccccn12)c1ccccn1. The predicted octanol–water partition coefficient (Wildman–Crippen LogP) is 1.66. The van der Waals surface area contributed by atoms with Crippen LogP contribution in [0.15, 0.2) is 55.0 Å². The zero-order chi connectivity index (χ0) is 13.1. The van der Waals surface area contributed by atoms with E-state index in [1.165, 1.54) is 0 Å². The van der Waals surface area contributed by atoms with E-state index in [-0.39, 0.29) is 5.91 Å². The Morgan fingerprint density at radius 3 is 2.89 bits per heavy atom. The summed E-state index contributed by atoms with van der Waals surface area (Å²) in [6.07, 6.45) is 5.30. The molecule has 3 heterocycles. The standard InChI is InChI=1S/C14H12N4O/c19-14(12-6-1-3-7-15-12)17-10-13-16-9-11-5-2-4-8-18(11)13/h1-9H,10H2,(H,17,19). The summed E-state index contributed by atoms with van der Waals surface area (Å²) in [5.74, 6) is 0.591. The molecule has 5 nitrogen and oxygen atoms in total. The van der Waals surface area contributed by atoms with E-state index >= 15 is 0 Å². The minimum Gasteiger partial charge on any atom is -0.343 e. The Kier molecular flexibility index (Phi) is 2.94. The van der Waals surface area contributed by atoms with Crippen LogP contribution in [0.25, 0.3) is 5.52 Å². The second kappa shape index (κ2) is 4.89. The third-order valence-corrected chi connectivity index (χ3v) is 2.82. The number of nitrogens with zero attached hydrogens (tertiary/aromatic N) is 3. The summed E-state index contributed by atoms with van der Waals surface area (Å²) in [6.45, 7) is 0.369. The van der Waals surface area contributed by atoms with Crippen molar-refractivity contribution in [1.82, 2.24) is 19.7 Å². The van der Waals surface area contributed by atoms with Gasteiger partial charge in [0, 0.05) is 12.4 Å². The monoisotopic (exact) mass is 252 g/mol. The number of nitrogens with one attached hydrogen (secondary N) is 1. The molecule has 0 aliphatic heterocycles. The Labute approximate surface area is 109 Å². The average molecular weight is 252 g/mol. The van der Waals surface area contributed by atoms with Crippen molar-refractivity contribution in [2.24, 2.45) is 0 Å². The van der Waals surface area contributed by atoms with Crippen molar-refractivity contribution in [2.75, 3.05) is 0 Å². The van der Waals surface area contributed by atoms with Gasteiger partial charge in [-0.25, -0.2) is 4.98 Å². The van der Waals surface area contributed by atoms with Crippen LogP contribution in [0.2, 0.25) is 0 Å². The first kappa shape index (κ1) is 11.4. The Hall–Kier alpha value is -2.69. The molecule has 1 amide bonds. The van der Waals surface area contributed by atoms with Gasteiger partial charge in [-0.1, -0.05) is 12.1 Å². The molecule has 0 aromatic carbocycles. The number of carbonyl (C=O) groups is 1. The highest BCUT2D eigenvalue weighted by Gasteiger charge is 2.08. The van der Waals surface area contributed by atoms with Crippen LogP contribution >= 0.6 is 0 Å². The first-order valence-electron chi connectivity index (χ1n) is 5.95. The molecule has 3 rings (SSSR count). The maximum Gasteiger partial charge on any atom is 0.270 e. The maximum absolute atomic E-state index is 11.9. The molecule has 19 heavy (non-hydrogen) atoms. The summed E-state index contributed by atoms with van der Waals surface area (Å²) in [4.78, 5) is 20.2. The van der Waals surface area contributed by atoms with E-state index in [1.807, 2.05) is 28.8 Å². The second-order valence-corrected chi connectivity index (χ2v) is 4.07. The van der Waals surface area contributed by atoms with Gasteiger partial charge in [0.25, 0.3) is 5.91 Å². The average Bonchev–Trinajstić information content (AvgIpc) is 2.89. The van der Waals surface area contributed by atoms with Gasteiger partial charge >= 0.3 is 0 Å². The first-order chi connectivity index (χ1) is 9.34. The highest BCUT2D eigenvalue weighted by Crippen LogP contribution is 2.05. The van der Waals surface area contributed by atoms with Crippen molar-refractivity contribution in [2.45, 2.75) is 6.54 Å². The first-order valence-corrected chi connectivity index (χ1v) is 5.95. The molecule has 3 aromatic rings. The Morgan fingerprint density at radius 2 is 2.05 bits per heavy atom. The number of carbonyl (C=O) groups excluding carboxylic acids is 1. The molecule has 0 aliphatic carbocycles. The van der Waals surface area contributed by atoms with Crippen molar-refractivity contribution in [1.29, 1.82) is 0 Å². The van der Waals surface area contributed by atoms with Crippen molar-refractivity contribution >= 4 is 11.4 Å². The highest BCUT2D eigenvalue weighted by molar-refractivity contribution is 5.92. The van der Waals surface area contributed by atoms with Crippen LogP contribution in [0.5, 0.6) is 0 Å². The van der Waals surface area contributed by atoms with Gasteiger partial charge < -0.3 is 9.72 Å². The van der Waals surface area contributed by atoms with Gasteiger partial charge in [0.15, 0.2) is 0 Å². The van der Waals surface area contributed by atoms with Crippen LogP contribution in [-0.2, 0) is 6.54 Å². The molecule has 0 bridgehead atoms. The third kappa shape index (κ3) is 2.30. The topological polar surface area (TPSA) is 59.3 Å². The summed E-state index contributed by atoms with van der Waals surface area (Å²) in [7, 11) is 0. The summed E-state index contributed by atoms with van der Waals surface area (Å²) < 4.78 is 1.94. The summed E-state index contributed by atoms with van der Waals surface area (Å²) in [5.41, 5.74) is 1.41. The molecule has 0 fully saturated rings. The number of fused-ring (bicyclic) bond motifs is 1. The van der Waals surface area contributed by atoms with Gasteiger partial charge in [0.1, 0.15) is 11.5 Å². The lowest BCUT2D eigenvalue weighted by atomic mass is 10.3. The van der Waals surface area contributed by atoms with Crippen LogP contribution in [0, 0.1) is 0 Å². The van der Waals surface area contributed by atoms with E-state index in [0.29, 0.717) is 12.2 Å². The summed E-state index contributed by atoms with van der Waals surface area (Å²) in [6, 6.07) is 11.1. The molecule has 94 valence electrons.